The number of aliphatic hydroxyl groups is 1. The van der Waals surface area contributed by atoms with Crippen molar-refractivity contribution in [3.63, 3.8) is 0 Å². The molecule has 0 saturated carbocycles. The van der Waals surface area contributed by atoms with Crippen LogP contribution >= 0.6 is 0 Å². The van der Waals surface area contributed by atoms with Crippen LogP contribution in [0.1, 0.15) is 22.8 Å². The fourth-order valence-electron chi connectivity index (χ4n) is 3.17. The van der Waals surface area contributed by atoms with Crippen molar-refractivity contribution < 1.29 is 23.0 Å². The summed E-state index contributed by atoms with van der Waals surface area (Å²) in [5.41, 5.74) is 2.52. The van der Waals surface area contributed by atoms with Crippen molar-refractivity contribution in [3.8, 4) is 11.5 Å². The summed E-state index contributed by atoms with van der Waals surface area (Å²) in [7, 11) is -0.597. The minimum absolute atomic E-state index is 0.00130. The van der Waals surface area contributed by atoms with Crippen molar-refractivity contribution in [1.29, 1.82) is 0 Å². The topological polar surface area (TPSA) is 76.1 Å². The van der Waals surface area contributed by atoms with Gasteiger partial charge in [0.1, 0.15) is 0 Å². The molecule has 1 heterocycles. The van der Waals surface area contributed by atoms with Crippen LogP contribution in [0.4, 0.5) is 0 Å². The van der Waals surface area contributed by atoms with Gasteiger partial charge in [0.05, 0.1) is 25.2 Å². The Bertz CT molecular complexity index is 893. The molecule has 0 amide bonds. The number of rotatable bonds is 4. The minimum Gasteiger partial charge on any atom is -0.493 e. The van der Waals surface area contributed by atoms with Gasteiger partial charge < -0.3 is 14.6 Å². The first-order valence-corrected chi connectivity index (χ1v) is 9.80. The van der Waals surface area contributed by atoms with E-state index in [-0.39, 0.29) is 18.0 Å². The van der Waals surface area contributed by atoms with Crippen molar-refractivity contribution >= 4 is 10.0 Å². The van der Waals surface area contributed by atoms with Gasteiger partial charge in [-0.15, -0.1) is 0 Å². The van der Waals surface area contributed by atoms with Gasteiger partial charge in [-0.3, -0.25) is 0 Å². The van der Waals surface area contributed by atoms with E-state index in [0.717, 1.165) is 11.1 Å². The quantitative estimate of drug-likeness (QED) is 0.885. The number of sulfonamides is 1. The van der Waals surface area contributed by atoms with Gasteiger partial charge >= 0.3 is 0 Å². The Balaban J connectivity index is 1.94. The van der Waals surface area contributed by atoms with Gasteiger partial charge in [0.15, 0.2) is 11.5 Å². The number of aryl methyl sites for hydroxylation is 1. The second kappa shape index (κ2) is 7.26. The fourth-order valence-corrected chi connectivity index (χ4v) is 4.62. The van der Waals surface area contributed by atoms with Crippen LogP contribution in [0.3, 0.4) is 0 Å². The molecular weight excluding hydrogens is 354 g/mol. The maximum Gasteiger partial charge on any atom is 0.243 e. The zero-order valence-corrected chi connectivity index (χ0v) is 15.9. The molecular formula is C19H23NO5S. The van der Waals surface area contributed by atoms with Gasteiger partial charge in [-0.1, -0.05) is 17.7 Å². The Morgan fingerprint density at radius 2 is 1.69 bits per heavy atom. The molecule has 6 nitrogen and oxygen atoms in total. The van der Waals surface area contributed by atoms with Crippen LogP contribution in [0.5, 0.6) is 11.5 Å². The van der Waals surface area contributed by atoms with Gasteiger partial charge in [0, 0.05) is 13.1 Å². The Morgan fingerprint density at radius 3 is 2.31 bits per heavy atom. The average Bonchev–Trinajstić information content (AvgIpc) is 2.80. The van der Waals surface area contributed by atoms with E-state index in [2.05, 4.69) is 0 Å². The molecule has 1 aliphatic heterocycles. The Labute approximate surface area is 154 Å². The highest BCUT2D eigenvalue weighted by Crippen LogP contribution is 2.36. The average molecular weight is 377 g/mol. The van der Waals surface area contributed by atoms with E-state index in [1.807, 2.05) is 6.92 Å². The first-order valence-electron chi connectivity index (χ1n) is 8.36. The Morgan fingerprint density at radius 1 is 1.08 bits per heavy atom. The lowest BCUT2D eigenvalue weighted by Gasteiger charge is -2.22. The number of ether oxygens (including phenoxy) is 2. The van der Waals surface area contributed by atoms with E-state index in [9.17, 15) is 13.5 Å². The summed E-state index contributed by atoms with van der Waals surface area (Å²) in [5.74, 6) is 1.08. The van der Waals surface area contributed by atoms with Crippen molar-refractivity contribution in [1.82, 2.24) is 4.31 Å². The number of methoxy groups -OCH3 is 2. The molecule has 7 heteroatoms. The Hall–Kier alpha value is -2.09. The molecule has 1 aliphatic rings. The van der Waals surface area contributed by atoms with Crippen LogP contribution in [0, 0.1) is 6.92 Å². The molecule has 1 N–H and O–H groups in total. The first kappa shape index (κ1) is 18.7. The number of benzene rings is 2. The molecule has 0 aromatic heterocycles. The molecule has 2 aromatic carbocycles. The molecule has 140 valence electrons. The molecule has 0 bridgehead atoms. The van der Waals surface area contributed by atoms with E-state index in [0.29, 0.717) is 23.5 Å². The molecule has 0 spiro atoms. The van der Waals surface area contributed by atoms with Crippen LogP contribution in [0.25, 0.3) is 0 Å². The third kappa shape index (κ3) is 3.42. The van der Waals surface area contributed by atoms with Gasteiger partial charge in [0.2, 0.25) is 10.0 Å². The summed E-state index contributed by atoms with van der Waals surface area (Å²) in [6.07, 6.45) is -0.454. The third-order valence-corrected chi connectivity index (χ3v) is 6.55. The van der Waals surface area contributed by atoms with Crippen LogP contribution < -0.4 is 9.47 Å². The normalized spacial score (nSPS) is 18.1. The number of fused-ring (bicyclic) bond motifs is 1. The zero-order chi connectivity index (χ0) is 18.9. The first-order chi connectivity index (χ1) is 12.4. The van der Waals surface area contributed by atoms with Gasteiger partial charge in [-0.05, 0) is 48.7 Å². The van der Waals surface area contributed by atoms with Crippen LogP contribution in [-0.4, -0.2) is 45.1 Å². The molecule has 1 atom stereocenters. The predicted octanol–water partition coefficient (Wildman–Crippen LogP) is 2.29. The molecule has 26 heavy (non-hydrogen) atoms. The molecule has 0 radical (unpaired) electrons. The lowest BCUT2D eigenvalue weighted by atomic mass is 10.0. The monoisotopic (exact) mass is 377 g/mol. The minimum atomic E-state index is -3.67. The second-order valence-corrected chi connectivity index (χ2v) is 8.29. The number of aliphatic hydroxyl groups excluding tert-OH is 1. The lowest BCUT2D eigenvalue weighted by Crippen LogP contribution is -2.34. The summed E-state index contributed by atoms with van der Waals surface area (Å²) < 4.78 is 37.9. The van der Waals surface area contributed by atoms with Crippen molar-refractivity contribution in [2.45, 2.75) is 24.3 Å². The number of β-amino-alcohol motifs (C(OH)–C–C–N with tert-alkyl or cyclic N) is 1. The number of hydrogen-bond acceptors (Lipinski definition) is 5. The van der Waals surface area contributed by atoms with E-state index in [1.54, 1.807) is 43.5 Å². The van der Waals surface area contributed by atoms with Crippen LogP contribution in [0.2, 0.25) is 0 Å². The zero-order valence-electron chi connectivity index (χ0n) is 15.1. The molecule has 0 fully saturated rings. The van der Waals surface area contributed by atoms with Gasteiger partial charge in [-0.25, -0.2) is 8.42 Å². The van der Waals surface area contributed by atoms with Gasteiger partial charge in [-0.2, -0.15) is 4.31 Å². The smallest absolute Gasteiger partial charge is 0.243 e. The predicted molar refractivity (Wildman–Crippen MR) is 98.1 cm³/mol. The van der Waals surface area contributed by atoms with E-state index in [4.69, 9.17) is 9.47 Å². The van der Waals surface area contributed by atoms with E-state index < -0.39 is 16.1 Å². The molecule has 1 unspecified atom stereocenters. The van der Waals surface area contributed by atoms with Crippen molar-refractivity contribution in [3.05, 3.63) is 53.1 Å². The SMILES string of the molecule is COc1cc2c(cc1OC)C(O)CN(S(=O)(=O)c1ccc(C)cc1)CC2. The summed E-state index contributed by atoms with van der Waals surface area (Å²) in [6, 6.07) is 10.3. The highest BCUT2D eigenvalue weighted by Gasteiger charge is 2.31. The Kier molecular flexibility index (Phi) is 5.22. The summed E-state index contributed by atoms with van der Waals surface area (Å²) in [5, 5.41) is 10.6. The number of nitrogens with zero attached hydrogens (tertiary/aromatic N) is 1. The maximum atomic E-state index is 13.0. The van der Waals surface area contributed by atoms with Crippen LogP contribution in [-0.2, 0) is 16.4 Å². The standard InChI is InChI=1S/C19H23NO5S/c1-13-4-6-15(7-5-13)26(22,23)20-9-8-14-10-18(24-2)19(25-3)11-16(14)17(21)12-20/h4-7,10-11,17,21H,8-9,12H2,1-3H3. The molecule has 2 aromatic rings. The number of hydrogen-bond donors (Lipinski definition) is 1. The summed E-state index contributed by atoms with van der Waals surface area (Å²) >= 11 is 0. The highest BCUT2D eigenvalue weighted by molar-refractivity contribution is 7.89. The van der Waals surface area contributed by atoms with E-state index >= 15 is 0 Å². The molecule has 0 aliphatic carbocycles. The molecule has 3 rings (SSSR count). The third-order valence-electron chi connectivity index (χ3n) is 4.67. The largest absolute Gasteiger partial charge is 0.493 e. The van der Waals surface area contributed by atoms with Crippen molar-refractivity contribution in [2.24, 2.45) is 0 Å². The summed E-state index contributed by atoms with van der Waals surface area (Å²) in [4.78, 5) is 0.233. The lowest BCUT2D eigenvalue weighted by molar-refractivity contribution is 0.152. The van der Waals surface area contributed by atoms with E-state index in [1.165, 1.54) is 11.4 Å². The maximum absolute atomic E-state index is 13.0. The highest BCUT2D eigenvalue weighted by atomic mass is 32.2. The molecule has 0 saturated heterocycles. The second-order valence-electron chi connectivity index (χ2n) is 6.35. The fraction of sp³-hybridized carbons (Fsp3) is 0.368. The van der Waals surface area contributed by atoms with Gasteiger partial charge in [0.25, 0.3) is 0 Å². The van der Waals surface area contributed by atoms with Crippen LogP contribution in [0.15, 0.2) is 41.3 Å². The summed E-state index contributed by atoms with van der Waals surface area (Å²) in [6.45, 7) is 2.19. The van der Waals surface area contributed by atoms with Crippen molar-refractivity contribution in [2.75, 3.05) is 27.3 Å².